The predicted molar refractivity (Wildman–Crippen MR) is 81.1 cm³/mol. The summed E-state index contributed by atoms with van der Waals surface area (Å²) in [6.45, 7) is 3.50. The Balaban J connectivity index is 2.34. The average Bonchev–Trinajstić information content (AvgIpc) is 2.51. The second-order valence-corrected chi connectivity index (χ2v) is 4.55. The highest BCUT2D eigenvalue weighted by Gasteiger charge is 2.16. The molecule has 21 heavy (non-hydrogen) atoms. The number of nitrogens with zero attached hydrogens (tertiary/aromatic N) is 2. The van der Waals surface area contributed by atoms with Crippen molar-refractivity contribution >= 4 is 22.7 Å². The summed E-state index contributed by atoms with van der Waals surface area (Å²) in [4.78, 5) is 0. The molecule has 0 atom stereocenters. The van der Waals surface area contributed by atoms with Crippen LogP contribution in [0.4, 0.5) is 10.2 Å². The van der Waals surface area contributed by atoms with Gasteiger partial charge in [-0.05, 0) is 6.07 Å². The van der Waals surface area contributed by atoms with Gasteiger partial charge in [-0.15, -0.1) is 10.2 Å². The van der Waals surface area contributed by atoms with Crippen LogP contribution in [0.5, 0.6) is 5.75 Å². The second-order valence-electron chi connectivity index (χ2n) is 4.55. The van der Waals surface area contributed by atoms with Gasteiger partial charge in [-0.3, -0.25) is 0 Å². The van der Waals surface area contributed by atoms with E-state index in [-0.39, 0.29) is 16.9 Å². The van der Waals surface area contributed by atoms with Crippen molar-refractivity contribution < 1.29 is 9.50 Å². The first kappa shape index (κ1) is 13.1. The van der Waals surface area contributed by atoms with Crippen molar-refractivity contribution in [3.63, 3.8) is 0 Å². The number of nitrogen functional groups attached to an aromatic ring is 1. The highest BCUT2D eigenvalue weighted by atomic mass is 19.1. The summed E-state index contributed by atoms with van der Waals surface area (Å²) in [5.41, 5.74) is 6.67. The number of rotatable bonds is 2. The molecule has 3 N–H and O–H groups in total. The molecule has 2 aromatic carbocycles. The maximum atomic E-state index is 14.0. The summed E-state index contributed by atoms with van der Waals surface area (Å²) >= 11 is 0. The van der Waals surface area contributed by atoms with Crippen LogP contribution in [-0.2, 0) is 0 Å². The van der Waals surface area contributed by atoms with Crippen molar-refractivity contribution in [2.75, 3.05) is 5.73 Å². The Morgan fingerprint density at radius 2 is 1.81 bits per heavy atom. The van der Waals surface area contributed by atoms with Crippen LogP contribution >= 0.6 is 0 Å². The van der Waals surface area contributed by atoms with Gasteiger partial charge in [0.2, 0.25) is 0 Å². The number of nitrogens with two attached hydrogens (primary N) is 1. The van der Waals surface area contributed by atoms with Crippen LogP contribution < -0.4 is 5.73 Å². The van der Waals surface area contributed by atoms with Gasteiger partial charge in [0.05, 0.1) is 0 Å². The van der Waals surface area contributed by atoms with Crippen LogP contribution in [0.15, 0.2) is 43.0 Å². The Kier molecular flexibility index (Phi) is 3.02. The van der Waals surface area contributed by atoms with E-state index in [9.17, 15) is 9.50 Å². The first-order valence-corrected chi connectivity index (χ1v) is 6.28. The molecule has 0 bridgehead atoms. The SMILES string of the molecule is C=Cc1ccc(-c2nnc(N)c3ccccc23)c(O)c1F. The molecule has 1 aromatic heterocycles. The Morgan fingerprint density at radius 3 is 2.52 bits per heavy atom. The number of anilines is 1. The third kappa shape index (κ3) is 1.99. The molecule has 0 spiro atoms. The minimum Gasteiger partial charge on any atom is -0.504 e. The van der Waals surface area contributed by atoms with Gasteiger partial charge in [-0.2, -0.15) is 0 Å². The van der Waals surface area contributed by atoms with Crippen molar-refractivity contribution in [2.24, 2.45) is 0 Å². The highest BCUT2D eigenvalue weighted by molar-refractivity contribution is 6.00. The topological polar surface area (TPSA) is 72.0 Å². The van der Waals surface area contributed by atoms with E-state index in [1.165, 1.54) is 12.1 Å². The predicted octanol–water partition coefficient (Wildman–Crippen LogP) is 3.37. The van der Waals surface area contributed by atoms with Crippen LogP contribution in [0, 0.1) is 5.82 Å². The number of benzene rings is 2. The number of phenolic OH excluding ortho intramolecular Hbond substituents is 1. The molecule has 3 aromatic rings. The Labute approximate surface area is 120 Å². The van der Waals surface area contributed by atoms with Gasteiger partial charge in [-0.25, -0.2) is 4.39 Å². The zero-order chi connectivity index (χ0) is 15.0. The van der Waals surface area contributed by atoms with E-state index in [1.54, 1.807) is 18.2 Å². The monoisotopic (exact) mass is 281 g/mol. The lowest BCUT2D eigenvalue weighted by Gasteiger charge is -2.10. The lowest BCUT2D eigenvalue weighted by atomic mass is 10.0. The molecule has 1 heterocycles. The molecular formula is C16H12FN3O. The zero-order valence-electron chi connectivity index (χ0n) is 11.0. The van der Waals surface area contributed by atoms with Crippen LogP contribution in [0.25, 0.3) is 28.1 Å². The summed E-state index contributed by atoms with van der Waals surface area (Å²) in [5.74, 6) is -0.918. The molecule has 0 aliphatic heterocycles. The molecule has 0 unspecified atom stereocenters. The van der Waals surface area contributed by atoms with Gasteiger partial charge < -0.3 is 10.8 Å². The fourth-order valence-corrected chi connectivity index (χ4v) is 2.25. The number of hydrogen-bond acceptors (Lipinski definition) is 4. The quantitative estimate of drug-likeness (QED) is 0.755. The summed E-state index contributed by atoms with van der Waals surface area (Å²) in [5, 5.41) is 19.4. The number of halogens is 1. The molecule has 3 rings (SSSR count). The van der Waals surface area contributed by atoms with E-state index in [1.807, 2.05) is 12.1 Å². The molecule has 5 heteroatoms. The van der Waals surface area contributed by atoms with E-state index in [2.05, 4.69) is 16.8 Å². The number of hydrogen-bond donors (Lipinski definition) is 2. The number of aromatic hydroxyl groups is 1. The number of phenols is 1. The van der Waals surface area contributed by atoms with Gasteiger partial charge in [0, 0.05) is 21.9 Å². The van der Waals surface area contributed by atoms with Crippen molar-refractivity contribution in [2.45, 2.75) is 0 Å². The van der Waals surface area contributed by atoms with E-state index in [0.29, 0.717) is 16.5 Å². The van der Waals surface area contributed by atoms with Gasteiger partial charge in [0.15, 0.2) is 17.4 Å². The van der Waals surface area contributed by atoms with Crippen LogP contribution in [0.2, 0.25) is 0 Å². The van der Waals surface area contributed by atoms with E-state index >= 15 is 0 Å². The fraction of sp³-hybridized carbons (Fsp3) is 0. The zero-order valence-corrected chi connectivity index (χ0v) is 11.0. The standard InChI is InChI=1S/C16H12FN3O/c1-2-9-7-8-12(15(21)13(9)17)14-10-5-3-4-6-11(10)16(18)20-19-14/h2-8,21H,1H2,(H2,18,20). The van der Waals surface area contributed by atoms with Crippen molar-refractivity contribution in [1.29, 1.82) is 0 Å². The first-order valence-electron chi connectivity index (χ1n) is 6.28. The van der Waals surface area contributed by atoms with Gasteiger partial charge in [0.1, 0.15) is 5.69 Å². The molecule has 0 aliphatic rings. The van der Waals surface area contributed by atoms with Crippen LogP contribution in [0.3, 0.4) is 0 Å². The molecule has 104 valence electrons. The molecule has 0 radical (unpaired) electrons. The highest BCUT2D eigenvalue weighted by Crippen LogP contribution is 2.36. The van der Waals surface area contributed by atoms with Crippen molar-refractivity contribution in [1.82, 2.24) is 10.2 Å². The van der Waals surface area contributed by atoms with Crippen LogP contribution in [-0.4, -0.2) is 15.3 Å². The van der Waals surface area contributed by atoms with Crippen LogP contribution in [0.1, 0.15) is 5.56 Å². The third-order valence-corrected chi connectivity index (χ3v) is 3.34. The maximum absolute atomic E-state index is 14.0. The molecule has 0 amide bonds. The molecule has 4 nitrogen and oxygen atoms in total. The fourth-order valence-electron chi connectivity index (χ4n) is 2.25. The van der Waals surface area contributed by atoms with E-state index in [0.717, 1.165) is 0 Å². The summed E-state index contributed by atoms with van der Waals surface area (Å²) in [6.07, 6.45) is 1.34. The molecule has 0 fully saturated rings. The largest absolute Gasteiger partial charge is 0.504 e. The normalized spacial score (nSPS) is 10.7. The lowest BCUT2D eigenvalue weighted by molar-refractivity contribution is 0.433. The average molecular weight is 281 g/mol. The number of aromatic nitrogens is 2. The van der Waals surface area contributed by atoms with Gasteiger partial charge in [-0.1, -0.05) is 43.0 Å². The summed E-state index contributed by atoms with van der Waals surface area (Å²) in [6, 6.07) is 10.4. The molecule has 0 saturated carbocycles. The Hall–Kier alpha value is -2.95. The first-order chi connectivity index (χ1) is 10.1. The smallest absolute Gasteiger partial charge is 0.172 e. The molecule has 0 saturated heterocycles. The summed E-state index contributed by atoms with van der Waals surface area (Å²) in [7, 11) is 0. The van der Waals surface area contributed by atoms with Crippen molar-refractivity contribution in [3.05, 3.63) is 54.4 Å². The Morgan fingerprint density at radius 1 is 1.10 bits per heavy atom. The maximum Gasteiger partial charge on any atom is 0.172 e. The minimum absolute atomic E-state index is 0.226. The third-order valence-electron chi connectivity index (χ3n) is 3.34. The van der Waals surface area contributed by atoms with Crippen molar-refractivity contribution in [3.8, 4) is 17.0 Å². The van der Waals surface area contributed by atoms with Gasteiger partial charge in [0.25, 0.3) is 0 Å². The summed E-state index contributed by atoms with van der Waals surface area (Å²) < 4.78 is 14.0. The van der Waals surface area contributed by atoms with Gasteiger partial charge >= 0.3 is 0 Å². The van der Waals surface area contributed by atoms with E-state index < -0.39 is 11.6 Å². The lowest BCUT2D eigenvalue weighted by Crippen LogP contribution is -1.98. The van der Waals surface area contributed by atoms with E-state index in [4.69, 9.17) is 5.73 Å². The molecule has 0 aliphatic carbocycles. The number of fused-ring (bicyclic) bond motifs is 1. The second kappa shape index (κ2) is 4.86. The molecular weight excluding hydrogens is 269 g/mol. The Bertz CT molecular complexity index is 862. The minimum atomic E-state index is -0.731.